The summed E-state index contributed by atoms with van der Waals surface area (Å²) in [5.41, 5.74) is 5.14. The van der Waals surface area contributed by atoms with Crippen molar-refractivity contribution < 1.29 is 9.59 Å². The average molecular weight is 359 g/mol. The van der Waals surface area contributed by atoms with Crippen LogP contribution in [0.15, 0.2) is 65.6 Å². The summed E-state index contributed by atoms with van der Waals surface area (Å²) in [6.07, 6.45) is 1.59. The molecule has 132 valence electrons. The Morgan fingerprint density at radius 2 is 1.59 bits per heavy atom. The van der Waals surface area contributed by atoms with Crippen molar-refractivity contribution in [1.29, 1.82) is 0 Å². The maximum absolute atomic E-state index is 12.5. The Bertz CT molecular complexity index is 1240. The van der Waals surface area contributed by atoms with Crippen LogP contribution in [0.1, 0.15) is 20.8 Å². The van der Waals surface area contributed by atoms with Crippen molar-refractivity contribution in [1.82, 2.24) is 26.0 Å². The predicted octanol–water partition coefficient (Wildman–Crippen LogP) is 1.55. The number of hydrazine groups is 1. The minimum Gasteiger partial charge on any atom is -0.267 e. The van der Waals surface area contributed by atoms with E-state index in [4.69, 9.17) is 0 Å². The van der Waals surface area contributed by atoms with Crippen molar-refractivity contribution in [3.05, 3.63) is 82.4 Å². The standard InChI is InChI=1S/C19H13N5O3/c25-17-13-8-2-1-7-12(13)16(21-22-17)19(27)24-23-18(26)14-9-3-5-11-6-4-10-20-15(11)14/h1-10H,(H,22,25)(H,23,26)(H,24,27). The summed E-state index contributed by atoms with van der Waals surface area (Å²) in [6.45, 7) is 0. The monoisotopic (exact) mass is 359 g/mol. The summed E-state index contributed by atoms with van der Waals surface area (Å²) >= 11 is 0. The fourth-order valence-corrected chi connectivity index (χ4v) is 2.82. The van der Waals surface area contributed by atoms with Crippen LogP contribution in [0.25, 0.3) is 21.7 Å². The second-order valence-corrected chi connectivity index (χ2v) is 5.74. The van der Waals surface area contributed by atoms with Crippen molar-refractivity contribution in [2.24, 2.45) is 0 Å². The molecule has 0 bridgehead atoms. The summed E-state index contributed by atoms with van der Waals surface area (Å²) in [5, 5.41) is 7.61. The largest absolute Gasteiger partial charge is 0.290 e. The third kappa shape index (κ3) is 2.99. The van der Waals surface area contributed by atoms with Gasteiger partial charge in [-0.15, -0.1) is 0 Å². The molecule has 3 N–H and O–H groups in total. The lowest BCUT2D eigenvalue weighted by atomic mass is 10.1. The molecule has 0 atom stereocenters. The van der Waals surface area contributed by atoms with E-state index in [1.54, 1.807) is 48.7 Å². The highest BCUT2D eigenvalue weighted by Crippen LogP contribution is 2.16. The van der Waals surface area contributed by atoms with E-state index in [1.807, 2.05) is 12.1 Å². The molecule has 2 heterocycles. The molecule has 0 spiro atoms. The Balaban J connectivity index is 1.59. The van der Waals surface area contributed by atoms with E-state index >= 15 is 0 Å². The van der Waals surface area contributed by atoms with Crippen LogP contribution in [0.4, 0.5) is 0 Å². The van der Waals surface area contributed by atoms with Crippen LogP contribution < -0.4 is 16.4 Å². The van der Waals surface area contributed by atoms with Crippen LogP contribution in [-0.4, -0.2) is 27.0 Å². The molecule has 2 aromatic heterocycles. The molecule has 0 saturated carbocycles. The molecule has 2 aromatic carbocycles. The topological polar surface area (TPSA) is 117 Å². The zero-order valence-electron chi connectivity index (χ0n) is 13.9. The van der Waals surface area contributed by atoms with E-state index in [0.29, 0.717) is 21.9 Å². The Morgan fingerprint density at radius 1 is 0.852 bits per heavy atom. The van der Waals surface area contributed by atoms with Gasteiger partial charge in [0.05, 0.1) is 16.5 Å². The number of hydrogen-bond acceptors (Lipinski definition) is 5. The van der Waals surface area contributed by atoms with Gasteiger partial charge < -0.3 is 0 Å². The first kappa shape index (κ1) is 16.4. The number of fused-ring (bicyclic) bond motifs is 2. The minimum atomic E-state index is -0.649. The van der Waals surface area contributed by atoms with Gasteiger partial charge in [-0.2, -0.15) is 5.10 Å². The third-order valence-electron chi connectivity index (χ3n) is 4.08. The Morgan fingerprint density at radius 3 is 2.44 bits per heavy atom. The molecule has 0 fully saturated rings. The first-order chi connectivity index (χ1) is 13.1. The van der Waals surface area contributed by atoms with Crippen molar-refractivity contribution in [2.45, 2.75) is 0 Å². The molecule has 0 radical (unpaired) electrons. The SMILES string of the molecule is O=C(NNC(=O)c1cccc2cccnc12)c1n[nH]c(=O)c2ccccc12. The summed E-state index contributed by atoms with van der Waals surface area (Å²) in [4.78, 5) is 40.9. The van der Waals surface area contributed by atoms with Gasteiger partial charge >= 0.3 is 0 Å². The summed E-state index contributed by atoms with van der Waals surface area (Å²) in [5.74, 6) is -1.16. The molecular weight excluding hydrogens is 346 g/mol. The molecule has 2 amide bonds. The fraction of sp³-hybridized carbons (Fsp3) is 0. The number of H-pyrrole nitrogens is 1. The van der Waals surface area contributed by atoms with Gasteiger partial charge in [0, 0.05) is 17.0 Å². The summed E-state index contributed by atoms with van der Waals surface area (Å²) in [6, 6.07) is 15.4. The van der Waals surface area contributed by atoms with Gasteiger partial charge in [-0.05, 0) is 18.2 Å². The van der Waals surface area contributed by atoms with Crippen LogP contribution in [-0.2, 0) is 0 Å². The number of carbonyl (C=O) groups is 2. The number of benzene rings is 2. The lowest BCUT2D eigenvalue weighted by Gasteiger charge is -2.09. The van der Waals surface area contributed by atoms with Crippen LogP contribution in [0.5, 0.6) is 0 Å². The zero-order valence-corrected chi connectivity index (χ0v) is 13.9. The zero-order chi connectivity index (χ0) is 18.8. The van der Waals surface area contributed by atoms with E-state index in [-0.39, 0.29) is 5.69 Å². The number of amides is 2. The molecule has 0 aliphatic heterocycles. The number of nitrogens with zero attached hydrogens (tertiary/aromatic N) is 2. The number of aromatic amines is 1. The second kappa shape index (κ2) is 6.68. The summed E-state index contributed by atoms with van der Waals surface area (Å²) in [7, 11) is 0. The van der Waals surface area contributed by atoms with Crippen molar-refractivity contribution in [3.8, 4) is 0 Å². The molecule has 0 unspecified atom stereocenters. The van der Waals surface area contributed by atoms with Gasteiger partial charge in [-0.3, -0.25) is 30.2 Å². The molecule has 4 rings (SSSR count). The van der Waals surface area contributed by atoms with E-state index in [2.05, 4.69) is 26.0 Å². The maximum atomic E-state index is 12.5. The van der Waals surface area contributed by atoms with Gasteiger partial charge in [-0.1, -0.05) is 36.4 Å². The highest BCUT2D eigenvalue weighted by Gasteiger charge is 2.16. The minimum absolute atomic E-state index is 0.00143. The number of hydrogen-bond donors (Lipinski definition) is 3. The van der Waals surface area contributed by atoms with E-state index < -0.39 is 17.4 Å². The average Bonchev–Trinajstić information content (AvgIpc) is 2.72. The van der Waals surface area contributed by atoms with Crippen LogP contribution >= 0.6 is 0 Å². The molecule has 0 saturated heterocycles. The molecular formula is C19H13N5O3. The molecule has 0 aliphatic rings. The number of aromatic nitrogens is 3. The number of nitrogens with one attached hydrogen (secondary N) is 3. The lowest BCUT2D eigenvalue weighted by Crippen LogP contribution is -2.42. The highest BCUT2D eigenvalue weighted by molar-refractivity contribution is 6.08. The predicted molar refractivity (Wildman–Crippen MR) is 99.0 cm³/mol. The maximum Gasteiger partial charge on any atom is 0.290 e. The summed E-state index contributed by atoms with van der Waals surface area (Å²) < 4.78 is 0. The third-order valence-corrected chi connectivity index (χ3v) is 4.08. The van der Waals surface area contributed by atoms with E-state index in [0.717, 1.165) is 5.39 Å². The molecule has 8 heteroatoms. The Hall–Kier alpha value is -4.07. The number of para-hydroxylation sites is 1. The molecule has 0 aliphatic carbocycles. The van der Waals surface area contributed by atoms with E-state index in [9.17, 15) is 14.4 Å². The Kier molecular flexibility index (Phi) is 4.06. The smallest absolute Gasteiger partial charge is 0.267 e. The quantitative estimate of drug-likeness (QED) is 0.470. The van der Waals surface area contributed by atoms with Gasteiger partial charge in [0.2, 0.25) is 0 Å². The van der Waals surface area contributed by atoms with Crippen molar-refractivity contribution in [3.63, 3.8) is 0 Å². The van der Waals surface area contributed by atoms with Crippen LogP contribution in [0.2, 0.25) is 0 Å². The number of carbonyl (C=O) groups excluding carboxylic acids is 2. The Labute approximate surface area is 152 Å². The van der Waals surface area contributed by atoms with Crippen LogP contribution in [0, 0.1) is 0 Å². The molecule has 27 heavy (non-hydrogen) atoms. The number of rotatable bonds is 2. The second-order valence-electron chi connectivity index (χ2n) is 5.74. The fourth-order valence-electron chi connectivity index (χ4n) is 2.82. The van der Waals surface area contributed by atoms with Gasteiger partial charge in [0.1, 0.15) is 0 Å². The van der Waals surface area contributed by atoms with Crippen molar-refractivity contribution >= 4 is 33.5 Å². The van der Waals surface area contributed by atoms with E-state index in [1.165, 1.54) is 0 Å². The molecule has 4 aromatic rings. The van der Waals surface area contributed by atoms with Gasteiger partial charge in [-0.25, -0.2) is 5.10 Å². The lowest BCUT2D eigenvalue weighted by molar-refractivity contribution is 0.0845. The number of pyridine rings is 1. The van der Waals surface area contributed by atoms with Gasteiger partial charge in [0.15, 0.2) is 5.69 Å². The normalized spacial score (nSPS) is 10.7. The van der Waals surface area contributed by atoms with Gasteiger partial charge in [0.25, 0.3) is 17.4 Å². The first-order valence-corrected chi connectivity index (χ1v) is 8.07. The van der Waals surface area contributed by atoms with Crippen molar-refractivity contribution in [2.75, 3.05) is 0 Å². The molecule has 8 nitrogen and oxygen atoms in total. The highest BCUT2D eigenvalue weighted by atomic mass is 16.2. The first-order valence-electron chi connectivity index (χ1n) is 8.07. The van der Waals surface area contributed by atoms with Crippen LogP contribution in [0.3, 0.4) is 0 Å².